The number of piperidine rings is 1. The van der Waals surface area contributed by atoms with E-state index in [4.69, 9.17) is 16.1 Å². The molecule has 0 bridgehead atoms. The zero-order chi connectivity index (χ0) is 21.4. The van der Waals surface area contributed by atoms with Gasteiger partial charge >= 0.3 is 0 Å². The highest BCUT2D eigenvalue weighted by molar-refractivity contribution is 6.30. The number of carbonyl (C=O) groups excluding carboxylic acids is 1. The molecule has 0 radical (unpaired) electrons. The van der Waals surface area contributed by atoms with E-state index in [1.807, 2.05) is 42.2 Å². The Hall–Kier alpha value is -2.73. The Kier molecular flexibility index (Phi) is 5.26. The van der Waals surface area contributed by atoms with Gasteiger partial charge in [0.1, 0.15) is 6.33 Å². The van der Waals surface area contributed by atoms with E-state index in [1.54, 1.807) is 12.5 Å². The Balaban J connectivity index is 1.41. The predicted octanol–water partition coefficient (Wildman–Crippen LogP) is 4.92. The Morgan fingerprint density at radius 1 is 1.23 bits per heavy atom. The molecule has 1 atom stereocenters. The van der Waals surface area contributed by atoms with Crippen molar-refractivity contribution >= 4 is 17.5 Å². The first kappa shape index (κ1) is 20.2. The van der Waals surface area contributed by atoms with Crippen molar-refractivity contribution in [1.82, 2.24) is 20.0 Å². The maximum Gasteiger partial charge on any atom is 0.233 e. The van der Waals surface area contributed by atoms with Crippen LogP contribution in [0.5, 0.6) is 0 Å². The quantitative estimate of drug-likeness (QED) is 0.580. The van der Waals surface area contributed by atoms with Crippen molar-refractivity contribution in [1.29, 1.82) is 0 Å². The molecular weight excluding hydrogens is 412 g/mol. The van der Waals surface area contributed by atoms with Crippen LogP contribution in [0.4, 0.5) is 0 Å². The van der Waals surface area contributed by atoms with E-state index in [0.717, 1.165) is 61.2 Å². The highest BCUT2D eigenvalue weighted by Crippen LogP contribution is 2.46. The molecule has 2 fully saturated rings. The van der Waals surface area contributed by atoms with Gasteiger partial charge in [0, 0.05) is 36.3 Å². The molecule has 2 aliphatic rings. The first-order valence-electron chi connectivity index (χ1n) is 10.9. The first-order chi connectivity index (χ1) is 15.1. The predicted molar refractivity (Wildman–Crippen MR) is 118 cm³/mol. The molecule has 0 spiro atoms. The molecule has 3 aromatic rings. The average molecular weight is 437 g/mol. The molecule has 31 heavy (non-hydrogen) atoms. The number of nitrogens with zero attached hydrogens (tertiary/aromatic N) is 4. The van der Waals surface area contributed by atoms with E-state index in [9.17, 15) is 4.79 Å². The summed E-state index contributed by atoms with van der Waals surface area (Å²) in [4.78, 5) is 24.6. The molecule has 1 aromatic carbocycles. The fourth-order valence-electron chi connectivity index (χ4n) is 4.96. The molecule has 0 N–H and O–H groups in total. The van der Waals surface area contributed by atoms with Crippen LogP contribution in [0.2, 0.25) is 5.02 Å². The summed E-state index contributed by atoms with van der Waals surface area (Å²) in [5.74, 6) is 1.05. The van der Waals surface area contributed by atoms with Crippen molar-refractivity contribution < 1.29 is 9.32 Å². The minimum absolute atomic E-state index is 0.142. The molecule has 160 valence electrons. The van der Waals surface area contributed by atoms with Gasteiger partial charge in [-0.2, -0.15) is 0 Å². The summed E-state index contributed by atoms with van der Waals surface area (Å²) in [6.45, 7) is 3.34. The Bertz CT molecular complexity index is 1090. The van der Waals surface area contributed by atoms with Crippen LogP contribution >= 0.6 is 11.6 Å². The van der Waals surface area contributed by atoms with Crippen LogP contribution in [0.15, 0.2) is 47.4 Å². The lowest BCUT2D eigenvalue weighted by Gasteiger charge is -2.46. The van der Waals surface area contributed by atoms with Crippen LogP contribution in [-0.2, 0) is 10.2 Å². The van der Waals surface area contributed by atoms with E-state index in [0.29, 0.717) is 17.3 Å². The first-order valence-corrected chi connectivity index (χ1v) is 11.2. The largest absolute Gasteiger partial charge is 0.356 e. The second-order valence-electron chi connectivity index (χ2n) is 8.69. The fraction of sp³-hybridized carbons (Fsp3) is 0.417. The third kappa shape index (κ3) is 3.63. The highest BCUT2D eigenvalue weighted by atomic mass is 35.5. The average Bonchev–Trinajstić information content (AvgIpc) is 3.20. The van der Waals surface area contributed by atoms with E-state index >= 15 is 0 Å². The summed E-state index contributed by atoms with van der Waals surface area (Å²) in [7, 11) is 0. The molecule has 5 rings (SSSR count). The van der Waals surface area contributed by atoms with E-state index in [1.165, 1.54) is 0 Å². The van der Waals surface area contributed by atoms with Gasteiger partial charge in [-0.3, -0.25) is 4.79 Å². The number of carbonyl (C=O) groups is 1. The molecule has 1 aliphatic carbocycles. The van der Waals surface area contributed by atoms with Crippen molar-refractivity contribution in [2.75, 3.05) is 13.1 Å². The minimum atomic E-state index is -0.414. The zero-order valence-electron chi connectivity index (χ0n) is 17.6. The van der Waals surface area contributed by atoms with Gasteiger partial charge in [0.2, 0.25) is 5.91 Å². The molecule has 1 aliphatic heterocycles. The lowest BCUT2D eigenvalue weighted by molar-refractivity contribution is -0.142. The van der Waals surface area contributed by atoms with E-state index in [2.05, 4.69) is 15.1 Å². The SMILES string of the molecule is Cc1cc(-c2cncnc2[C@@H]2CCCN(C(=O)C3(c4ccc(Cl)cc4)CCC3)C2)on1. The van der Waals surface area contributed by atoms with Crippen LogP contribution in [0.3, 0.4) is 0 Å². The summed E-state index contributed by atoms with van der Waals surface area (Å²) in [5, 5.41) is 4.71. The molecular formula is C24H25ClN4O2. The number of aromatic nitrogens is 3. The monoisotopic (exact) mass is 436 g/mol. The summed E-state index contributed by atoms with van der Waals surface area (Å²) in [5.41, 5.74) is 3.27. The number of hydrogen-bond donors (Lipinski definition) is 0. The smallest absolute Gasteiger partial charge is 0.233 e. The van der Waals surface area contributed by atoms with Gasteiger partial charge in [0.25, 0.3) is 0 Å². The van der Waals surface area contributed by atoms with E-state index in [-0.39, 0.29) is 11.8 Å². The van der Waals surface area contributed by atoms with Gasteiger partial charge in [-0.05, 0) is 50.3 Å². The highest BCUT2D eigenvalue weighted by Gasteiger charge is 2.48. The Morgan fingerprint density at radius 2 is 2.03 bits per heavy atom. The van der Waals surface area contributed by atoms with Gasteiger partial charge in [-0.15, -0.1) is 0 Å². The van der Waals surface area contributed by atoms with E-state index < -0.39 is 5.41 Å². The summed E-state index contributed by atoms with van der Waals surface area (Å²) in [6, 6.07) is 9.69. The lowest BCUT2D eigenvalue weighted by atomic mass is 9.63. The van der Waals surface area contributed by atoms with Gasteiger partial charge in [-0.25, -0.2) is 9.97 Å². The van der Waals surface area contributed by atoms with Crippen molar-refractivity contribution in [3.05, 3.63) is 64.8 Å². The van der Waals surface area contributed by atoms with Crippen LogP contribution < -0.4 is 0 Å². The minimum Gasteiger partial charge on any atom is -0.356 e. The van der Waals surface area contributed by atoms with Crippen molar-refractivity contribution in [3.8, 4) is 11.3 Å². The topological polar surface area (TPSA) is 72.1 Å². The van der Waals surface area contributed by atoms with Gasteiger partial charge in [0.15, 0.2) is 5.76 Å². The van der Waals surface area contributed by atoms with Crippen LogP contribution in [0, 0.1) is 6.92 Å². The Morgan fingerprint density at radius 3 is 2.71 bits per heavy atom. The van der Waals surface area contributed by atoms with Gasteiger partial charge < -0.3 is 9.42 Å². The number of aryl methyl sites for hydroxylation is 1. The molecule has 2 aromatic heterocycles. The molecule has 3 heterocycles. The Labute approximate surface area is 186 Å². The van der Waals surface area contributed by atoms with Crippen LogP contribution in [0.25, 0.3) is 11.3 Å². The lowest BCUT2D eigenvalue weighted by Crippen LogP contribution is -2.53. The summed E-state index contributed by atoms with van der Waals surface area (Å²) >= 11 is 6.09. The standard InChI is InChI=1S/C24H25ClN4O2/c1-16-12-21(31-28-16)20-13-26-15-27-22(20)17-4-2-11-29(14-17)23(30)24(9-3-10-24)18-5-7-19(25)8-6-18/h5-8,12-13,15,17H,2-4,9-11,14H2,1H3/t17-/m1/s1. The summed E-state index contributed by atoms with van der Waals surface area (Å²) in [6.07, 6.45) is 8.15. The maximum absolute atomic E-state index is 13.8. The van der Waals surface area contributed by atoms with Gasteiger partial charge in [0.05, 0.1) is 22.4 Å². The molecule has 1 saturated heterocycles. The maximum atomic E-state index is 13.8. The van der Waals surface area contributed by atoms with Crippen molar-refractivity contribution in [2.24, 2.45) is 0 Å². The third-order valence-corrected chi connectivity index (χ3v) is 7.00. The zero-order valence-corrected chi connectivity index (χ0v) is 18.3. The second-order valence-corrected chi connectivity index (χ2v) is 9.12. The molecule has 0 unspecified atom stereocenters. The summed E-state index contributed by atoms with van der Waals surface area (Å²) < 4.78 is 5.48. The van der Waals surface area contributed by atoms with Crippen LogP contribution in [-0.4, -0.2) is 39.0 Å². The number of hydrogen-bond acceptors (Lipinski definition) is 5. The van der Waals surface area contributed by atoms with Crippen molar-refractivity contribution in [2.45, 2.75) is 50.4 Å². The molecule has 7 heteroatoms. The molecule has 6 nitrogen and oxygen atoms in total. The second kappa shape index (κ2) is 8.08. The normalized spacial score (nSPS) is 20.3. The van der Waals surface area contributed by atoms with Crippen LogP contribution in [0.1, 0.15) is 55.0 Å². The number of benzene rings is 1. The molecule has 1 saturated carbocycles. The number of likely N-dealkylation sites (tertiary alicyclic amines) is 1. The third-order valence-electron chi connectivity index (χ3n) is 6.75. The van der Waals surface area contributed by atoms with Gasteiger partial charge in [-0.1, -0.05) is 35.3 Å². The molecule has 1 amide bonds. The fourth-order valence-corrected chi connectivity index (χ4v) is 5.08. The number of halogens is 1. The van der Waals surface area contributed by atoms with Crippen molar-refractivity contribution in [3.63, 3.8) is 0 Å². The number of amides is 1. The number of rotatable bonds is 4.